The molecule has 0 saturated heterocycles. The fourth-order valence-electron chi connectivity index (χ4n) is 1.39. The van der Waals surface area contributed by atoms with Crippen LogP contribution in [0.25, 0.3) is 11.3 Å². The number of benzene rings is 1. The first-order chi connectivity index (χ1) is 13.0. The summed E-state index contributed by atoms with van der Waals surface area (Å²) in [5, 5.41) is 6.25. The molecule has 0 aliphatic heterocycles. The number of hydrogen-bond acceptors (Lipinski definition) is 3. The standard InChI is InChI=1S/C11H8N.C5H5N.3C2H6.CN.Ir/c1-2-6-10(7-3-1)11-8-4-5-9-12-11;1-2-4-6-5-3-1;4*1-2;/h1-6,8-9H;1-5H;3*1-2H3;;/q-1;;;;;-1;. The summed E-state index contributed by atoms with van der Waals surface area (Å²) in [6, 6.07) is 22.5. The number of aromatic nitrogens is 2. The van der Waals surface area contributed by atoms with E-state index in [1.807, 2.05) is 102 Å². The molecular formula is C23H31IrN3-2. The molecule has 2 heterocycles. The van der Waals surface area contributed by atoms with Crippen molar-refractivity contribution in [3.8, 4) is 11.3 Å². The Morgan fingerprint density at radius 1 is 0.704 bits per heavy atom. The van der Waals surface area contributed by atoms with Gasteiger partial charge in [-0.05, 0) is 23.9 Å². The zero-order chi connectivity index (χ0) is 20.5. The first kappa shape index (κ1) is 32.3. The molecule has 1 aromatic carbocycles. The molecule has 0 bridgehead atoms. The Labute approximate surface area is 179 Å². The molecule has 0 amide bonds. The number of pyridine rings is 2. The van der Waals surface area contributed by atoms with Crippen molar-refractivity contribution in [2.45, 2.75) is 41.5 Å². The van der Waals surface area contributed by atoms with Crippen LogP contribution in [-0.2, 0) is 20.1 Å². The van der Waals surface area contributed by atoms with Crippen LogP contribution in [0.2, 0.25) is 0 Å². The molecule has 3 nitrogen and oxygen atoms in total. The summed E-state index contributed by atoms with van der Waals surface area (Å²) in [5.41, 5.74) is 2.01. The van der Waals surface area contributed by atoms with E-state index in [0.717, 1.165) is 11.3 Å². The van der Waals surface area contributed by atoms with Gasteiger partial charge in [-0.25, -0.2) is 0 Å². The molecule has 27 heavy (non-hydrogen) atoms. The molecule has 0 spiro atoms. The van der Waals surface area contributed by atoms with Crippen molar-refractivity contribution < 1.29 is 20.1 Å². The van der Waals surface area contributed by atoms with Crippen LogP contribution in [0.3, 0.4) is 0 Å². The molecule has 0 atom stereocenters. The molecular weight excluding hydrogens is 510 g/mol. The van der Waals surface area contributed by atoms with E-state index in [9.17, 15) is 0 Å². The summed E-state index contributed by atoms with van der Waals surface area (Å²) in [6.07, 6.45) is 5.29. The third kappa shape index (κ3) is 19.8. The van der Waals surface area contributed by atoms with Crippen molar-refractivity contribution in [3.63, 3.8) is 0 Å². The maximum Gasteiger partial charge on any atom is 0.0267 e. The molecule has 4 heteroatoms. The van der Waals surface area contributed by atoms with Crippen molar-refractivity contribution in [2.24, 2.45) is 0 Å². The molecule has 1 radical (unpaired) electrons. The van der Waals surface area contributed by atoms with Crippen LogP contribution in [0.1, 0.15) is 41.5 Å². The van der Waals surface area contributed by atoms with Gasteiger partial charge in [-0.1, -0.05) is 59.7 Å². The second-order valence-corrected chi connectivity index (χ2v) is 3.52. The number of hydrogen-bond donors (Lipinski definition) is 0. The number of rotatable bonds is 1. The van der Waals surface area contributed by atoms with Gasteiger partial charge in [0.15, 0.2) is 0 Å². The number of nitrogens with zero attached hydrogens (tertiary/aromatic N) is 3. The van der Waals surface area contributed by atoms with Gasteiger partial charge in [-0.2, -0.15) is 0 Å². The topological polar surface area (TPSA) is 49.6 Å². The fourth-order valence-corrected chi connectivity index (χ4v) is 1.39. The fraction of sp³-hybridized carbons (Fsp3) is 0.261. The molecule has 0 aliphatic carbocycles. The minimum Gasteiger partial charge on any atom is -0.512 e. The van der Waals surface area contributed by atoms with E-state index in [1.165, 1.54) is 0 Å². The summed E-state index contributed by atoms with van der Waals surface area (Å²) in [7, 11) is 0. The first-order valence-corrected chi connectivity index (χ1v) is 8.92. The maximum absolute atomic E-state index is 6.25. The van der Waals surface area contributed by atoms with E-state index in [1.54, 1.807) is 18.6 Å². The van der Waals surface area contributed by atoms with E-state index in [2.05, 4.69) is 16.0 Å². The van der Waals surface area contributed by atoms with Crippen molar-refractivity contribution in [1.82, 2.24) is 9.97 Å². The molecule has 0 fully saturated rings. The zero-order valence-corrected chi connectivity index (χ0v) is 19.6. The zero-order valence-electron chi connectivity index (χ0n) is 17.2. The molecule has 0 saturated carbocycles. The van der Waals surface area contributed by atoms with E-state index in [4.69, 9.17) is 11.8 Å². The Kier molecular flexibility index (Phi) is 37.6. The Bertz CT molecular complexity index is 521. The van der Waals surface area contributed by atoms with Crippen LogP contribution >= 0.6 is 0 Å². The van der Waals surface area contributed by atoms with Crippen LogP contribution < -0.4 is 0 Å². The Morgan fingerprint density at radius 3 is 1.56 bits per heavy atom. The second kappa shape index (κ2) is 31.4. The molecule has 0 aliphatic rings. The summed E-state index contributed by atoms with van der Waals surface area (Å²) in [6.45, 7) is 16.8. The van der Waals surface area contributed by atoms with E-state index in [-0.39, 0.29) is 20.1 Å². The molecule has 0 N–H and O–H groups in total. The van der Waals surface area contributed by atoms with Crippen LogP contribution in [0.5, 0.6) is 0 Å². The van der Waals surface area contributed by atoms with Gasteiger partial charge in [0.1, 0.15) is 0 Å². The van der Waals surface area contributed by atoms with Crippen molar-refractivity contribution in [1.29, 1.82) is 5.26 Å². The first-order valence-electron chi connectivity index (χ1n) is 8.92. The average Bonchev–Trinajstić information content (AvgIpc) is 2.82. The van der Waals surface area contributed by atoms with Crippen molar-refractivity contribution >= 4 is 0 Å². The normalized spacial score (nSPS) is 6.81. The van der Waals surface area contributed by atoms with Gasteiger partial charge in [0.25, 0.3) is 0 Å². The Balaban J connectivity index is -0.000000151. The molecule has 149 valence electrons. The van der Waals surface area contributed by atoms with Crippen molar-refractivity contribution in [3.05, 3.63) is 91.9 Å². The molecule has 3 rings (SSSR count). The van der Waals surface area contributed by atoms with E-state index >= 15 is 0 Å². The van der Waals surface area contributed by atoms with Crippen LogP contribution in [0, 0.1) is 17.9 Å². The van der Waals surface area contributed by atoms with Gasteiger partial charge in [0.2, 0.25) is 0 Å². The van der Waals surface area contributed by atoms with Gasteiger partial charge in [0, 0.05) is 38.7 Å². The minimum absolute atomic E-state index is 0. The summed E-state index contributed by atoms with van der Waals surface area (Å²) < 4.78 is 0. The molecule has 0 unspecified atom stereocenters. The van der Waals surface area contributed by atoms with Gasteiger partial charge in [0.05, 0.1) is 0 Å². The van der Waals surface area contributed by atoms with Gasteiger partial charge in [-0.3, -0.25) is 4.98 Å². The largest absolute Gasteiger partial charge is 0.512 e. The minimum atomic E-state index is 0. The summed E-state index contributed by atoms with van der Waals surface area (Å²) in [5.74, 6) is 0. The third-order valence-electron chi connectivity index (χ3n) is 2.22. The van der Waals surface area contributed by atoms with Crippen LogP contribution in [-0.4, -0.2) is 9.97 Å². The third-order valence-corrected chi connectivity index (χ3v) is 2.22. The quantitative estimate of drug-likeness (QED) is 0.318. The smallest absolute Gasteiger partial charge is 0.0267 e. The van der Waals surface area contributed by atoms with Crippen molar-refractivity contribution in [2.75, 3.05) is 0 Å². The van der Waals surface area contributed by atoms with Gasteiger partial charge in [-0.15, -0.1) is 35.9 Å². The molecule has 3 aromatic rings. The monoisotopic (exact) mass is 542 g/mol. The van der Waals surface area contributed by atoms with Crippen LogP contribution in [0.15, 0.2) is 79.3 Å². The predicted molar refractivity (Wildman–Crippen MR) is 112 cm³/mol. The predicted octanol–water partition coefficient (Wildman–Crippen LogP) is 6.80. The molecule has 2 aromatic heterocycles. The Morgan fingerprint density at radius 2 is 1.22 bits per heavy atom. The van der Waals surface area contributed by atoms with Gasteiger partial charge >= 0.3 is 0 Å². The second-order valence-electron chi connectivity index (χ2n) is 3.52. The maximum atomic E-state index is 6.25. The Hall–Kier alpha value is -2.34. The summed E-state index contributed by atoms with van der Waals surface area (Å²) >= 11 is 0. The SMILES string of the molecule is CC.CC.CC.[C-]#N.[Ir].[c-]1ccccc1-c1ccccn1.c1ccncc1. The van der Waals surface area contributed by atoms with E-state index < -0.39 is 0 Å². The van der Waals surface area contributed by atoms with Gasteiger partial charge < -0.3 is 16.8 Å². The van der Waals surface area contributed by atoms with E-state index in [0.29, 0.717) is 0 Å². The van der Waals surface area contributed by atoms with Crippen LogP contribution in [0.4, 0.5) is 0 Å². The average molecular weight is 542 g/mol. The summed E-state index contributed by atoms with van der Waals surface area (Å²) in [4.78, 5) is 8.00.